The molecule has 0 bridgehead atoms. The van der Waals surface area contributed by atoms with Crippen LogP contribution in [0.3, 0.4) is 0 Å². The first kappa shape index (κ1) is 17.2. The molecular formula is C15H11ClIN5OS. The van der Waals surface area contributed by atoms with Crippen molar-refractivity contribution in [3.05, 3.63) is 57.1 Å². The molecule has 1 heterocycles. The lowest BCUT2D eigenvalue weighted by molar-refractivity contribution is -0.113. The zero-order valence-corrected chi connectivity index (χ0v) is 15.9. The Balaban J connectivity index is 1.65. The lowest BCUT2D eigenvalue weighted by atomic mass is 10.3. The van der Waals surface area contributed by atoms with Crippen LogP contribution in [-0.2, 0) is 4.79 Å². The first-order chi connectivity index (χ1) is 11.6. The van der Waals surface area contributed by atoms with Crippen molar-refractivity contribution in [3.8, 4) is 5.69 Å². The van der Waals surface area contributed by atoms with E-state index < -0.39 is 0 Å². The molecule has 0 atom stereocenters. The molecule has 0 spiro atoms. The number of carbonyl (C=O) groups is 1. The maximum Gasteiger partial charge on any atom is 0.234 e. The minimum absolute atomic E-state index is 0.116. The fourth-order valence-corrected chi connectivity index (χ4v) is 3.23. The van der Waals surface area contributed by atoms with Crippen molar-refractivity contribution >= 4 is 57.5 Å². The van der Waals surface area contributed by atoms with Gasteiger partial charge in [-0.15, -0.1) is 5.10 Å². The predicted octanol–water partition coefficient (Wildman–Crippen LogP) is 3.65. The highest BCUT2D eigenvalue weighted by atomic mass is 127. The van der Waals surface area contributed by atoms with E-state index in [1.54, 1.807) is 16.8 Å². The Morgan fingerprint density at radius 2 is 1.96 bits per heavy atom. The van der Waals surface area contributed by atoms with E-state index in [2.05, 4.69) is 43.4 Å². The van der Waals surface area contributed by atoms with Crippen LogP contribution in [0.4, 0.5) is 5.69 Å². The maximum absolute atomic E-state index is 12.1. The molecule has 3 rings (SSSR count). The summed E-state index contributed by atoms with van der Waals surface area (Å²) in [5.74, 6) is 0.0913. The molecule has 1 aromatic heterocycles. The molecule has 0 aliphatic heterocycles. The van der Waals surface area contributed by atoms with Crippen molar-refractivity contribution in [2.45, 2.75) is 5.16 Å². The van der Waals surface area contributed by atoms with Gasteiger partial charge in [0.25, 0.3) is 0 Å². The van der Waals surface area contributed by atoms with Crippen LogP contribution in [0.1, 0.15) is 0 Å². The third-order valence-corrected chi connectivity index (χ3v) is 5.10. The molecule has 24 heavy (non-hydrogen) atoms. The van der Waals surface area contributed by atoms with Gasteiger partial charge in [0.1, 0.15) is 0 Å². The third kappa shape index (κ3) is 4.25. The minimum Gasteiger partial charge on any atom is -0.324 e. The standard InChI is InChI=1S/C15H11ClIN5OS/c16-10-5-7-11(8-6-10)22-15(19-20-21-22)24-9-14(23)18-13-4-2-1-3-12(13)17/h1-8H,9H2,(H,18,23). The Hall–Kier alpha value is -1.65. The van der Waals surface area contributed by atoms with Crippen molar-refractivity contribution in [3.63, 3.8) is 0 Å². The summed E-state index contributed by atoms with van der Waals surface area (Å²) in [6.45, 7) is 0. The average molecular weight is 472 g/mol. The SMILES string of the molecule is O=C(CSc1nnnn1-c1ccc(Cl)cc1)Nc1ccccc1I. The summed E-state index contributed by atoms with van der Waals surface area (Å²) < 4.78 is 2.56. The summed E-state index contributed by atoms with van der Waals surface area (Å²) in [4.78, 5) is 12.1. The van der Waals surface area contributed by atoms with Crippen molar-refractivity contribution in [1.82, 2.24) is 20.2 Å². The van der Waals surface area contributed by atoms with Crippen LogP contribution < -0.4 is 5.32 Å². The fourth-order valence-electron chi connectivity index (χ4n) is 1.89. The van der Waals surface area contributed by atoms with Crippen LogP contribution in [0.2, 0.25) is 5.02 Å². The molecular weight excluding hydrogens is 461 g/mol. The second-order valence-electron chi connectivity index (χ2n) is 4.67. The van der Waals surface area contributed by atoms with Gasteiger partial charge in [0.15, 0.2) is 0 Å². The monoisotopic (exact) mass is 471 g/mol. The van der Waals surface area contributed by atoms with E-state index >= 15 is 0 Å². The van der Waals surface area contributed by atoms with Gasteiger partial charge in [0.2, 0.25) is 11.1 Å². The number of thioether (sulfide) groups is 1. The molecule has 1 N–H and O–H groups in total. The normalized spacial score (nSPS) is 10.6. The van der Waals surface area contributed by atoms with E-state index in [1.807, 2.05) is 36.4 Å². The van der Waals surface area contributed by atoms with Crippen LogP contribution in [0.25, 0.3) is 5.69 Å². The number of benzene rings is 2. The number of nitrogens with zero attached hydrogens (tertiary/aromatic N) is 4. The summed E-state index contributed by atoms with van der Waals surface area (Å²) in [6.07, 6.45) is 0. The molecule has 0 unspecified atom stereocenters. The zero-order chi connectivity index (χ0) is 16.9. The lowest BCUT2D eigenvalue weighted by Gasteiger charge is -2.07. The molecule has 0 aliphatic rings. The van der Waals surface area contributed by atoms with Gasteiger partial charge in [-0.1, -0.05) is 35.5 Å². The number of nitrogens with one attached hydrogen (secondary N) is 1. The summed E-state index contributed by atoms with van der Waals surface area (Å²) >= 11 is 9.33. The number of carbonyl (C=O) groups excluding carboxylic acids is 1. The van der Waals surface area contributed by atoms with E-state index in [0.717, 1.165) is 14.9 Å². The molecule has 6 nitrogen and oxygen atoms in total. The summed E-state index contributed by atoms with van der Waals surface area (Å²) in [7, 11) is 0. The lowest BCUT2D eigenvalue weighted by Crippen LogP contribution is -2.15. The van der Waals surface area contributed by atoms with Gasteiger partial charge in [-0.05, 0) is 69.4 Å². The molecule has 2 aromatic carbocycles. The highest BCUT2D eigenvalue weighted by Crippen LogP contribution is 2.21. The number of anilines is 1. The molecule has 122 valence electrons. The Kier molecular flexibility index (Phi) is 5.69. The molecule has 0 aliphatic carbocycles. The van der Waals surface area contributed by atoms with Crippen molar-refractivity contribution in [2.24, 2.45) is 0 Å². The first-order valence-electron chi connectivity index (χ1n) is 6.85. The smallest absolute Gasteiger partial charge is 0.234 e. The van der Waals surface area contributed by atoms with Gasteiger partial charge in [0.05, 0.1) is 17.1 Å². The van der Waals surface area contributed by atoms with E-state index in [1.165, 1.54) is 11.8 Å². The van der Waals surface area contributed by atoms with Gasteiger partial charge in [-0.3, -0.25) is 4.79 Å². The van der Waals surface area contributed by atoms with Gasteiger partial charge in [-0.25, -0.2) is 0 Å². The highest BCUT2D eigenvalue weighted by molar-refractivity contribution is 14.1. The summed E-state index contributed by atoms with van der Waals surface area (Å²) in [5.41, 5.74) is 1.57. The van der Waals surface area contributed by atoms with E-state index in [4.69, 9.17) is 11.6 Å². The van der Waals surface area contributed by atoms with Crippen LogP contribution in [-0.4, -0.2) is 31.9 Å². The quantitative estimate of drug-likeness (QED) is 0.454. The first-order valence-corrected chi connectivity index (χ1v) is 9.29. The van der Waals surface area contributed by atoms with Crippen LogP contribution in [0, 0.1) is 3.57 Å². The maximum atomic E-state index is 12.1. The fraction of sp³-hybridized carbons (Fsp3) is 0.0667. The van der Waals surface area contributed by atoms with Crippen LogP contribution in [0.15, 0.2) is 53.7 Å². The second-order valence-corrected chi connectivity index (χ2v) is 7.21. The minimum atomic E-state index is -0.116. The number of rotatable bonds is 5. The summed E-state index contributed by atoms with van der Waals surface area (Å²) in [5, 5.41) is 15.6. The molecule has 0 saturated heterocycles. The van der Waals surface area contributed by atoms with Gasteiger partial charge >= 0.3 is 0 Å². The van der Waals surface area contributed by atoms with Gasteiger partial charge in [-0.2, -0.15) is 4.68 Å². The number of halogens is 2. The van der Waals surface area contributed by atoms with Crippen molar-refractivity contribution in [2.75, 3.05) is 11.1 Å². The average Bonchev–Trinajstić information content (AvgIpc) is 3.04. The second kappa shape index (κ2) is 7.95. The molecule has 0 saturated carbocycles. The van der Waals surface area contributed by atoms with Crippen molar-refractivity contribution < 1.29 is 4.79 Å². The molecule has 1 amide bonds. The predicted molar refractivity (Wildman–Crippen MR) is 103 cm³/mol. The Bertz CT molecular complexity index is 855. The number of hydrogen-bond acceptors (Lipinski definition) is 5. The molecule has 0 fully saturated rings. The molecule has 3 aromatic rings. The third-order valence-electron chi connectivity index (χ3n) is 2.99. The Morgan fingerprint density at radius 1 is 1.21 bits per heavy atom. The molecule has 9 heteroatoms. The largest absolute Gasteiger partial charge is 0.324 e. The number of aromatic nitrogens is 4. The summed E-state index contributed by atoms with van der Waals surface area (Å²) in [6, 6.07) is 14.8. The van der Waals surface area contributed by atoms with E-state index in [0.29, 0.717) is 10.2 Å². The number of tetrazole rings is 1. The topological polar surface area (TPSA) is 72.7 Å². The van der Waals surface area contributed by atoms with Crippen molar-refractivity contribution in [1.29, 1.82) is 0 Å². The number of hydrogen-bond donors (Lipinski definition) is 1. The van der Waals surface area contributed by atoms with Gasteiger partial charge in [0, 0.05) is 8.59 Å². The van der Waals surface area contributed by atoms with E-state index in [-0.39, 0.29) is 11.7 Å². The Morgan fingerprint density at radius 3 is 2.71 bits per heavy atom. The van der Waals surface area contributed by atoms with E-state index in [9.17, 15) is 4.79 Å². The van der Waals surface area contributed by atoms with Crippen LogP contribution in [0.5, 0.6) is 0 Å². The number of para-hydroxylation sites is 1. The van der Waals surface area contributed by atoms with Gasteiger partial charge < -0.3 is 5.32 Å². The number of amides is 1. The Labute approximate surface area is 161 Å². The zero-order valence-electron chi connectivity index (χ0n) is 12.2. The van der Waals surface area contributed by atoms with Crippen LogP contribution >= 0.6 is 46.0 Å². The highest BCUT2D eigenvalue weighted by Gasteiger charge is 2.12. The molecule has 0 radical (unpaired) electrons.